The van der Waals surface area contributed by atoms with Crippen LogP contribution in [0.1, 0.15) is 24.6 Å². The van der Waals surface area contributed by atoms with Crippen molar-refractivity contribution in [2.24, 2.45) is 0 Å². The van der Waals surface area contributed by atoms with Crippen LogP contribution >= 0.6 is 11.3 Å². The van der Waals surface area contributed by atoms with Gasteiger partial charge in [0.05, 0.1) is 0 Å². The van der Waals surface area contributed by atoms with Gasteiger partial charge < -0.3 is 5.32 Å². The SMILES string of the molecule is CCCC(=O)Nc1ccc2sc(C(F)(F)F)cc2c1. The van der Waals surface area contributed by atoms with Crippen molar-refractivity contribution in [3.63, 3.8) is 0 Å². The molecule has 1 aromatic heterocycles. The molecule has 0 aliphatic heterocycles. The van der Waals surface area contributed by atoms with Crippen LogP contribution in [0.3, 0.4) is 0 Å². The van der Waals surface area contributed by atoms with Gasteiger partial charge in [-0.1, -0.05) is 6.92 Å². The number of carbonyl (C=O) groups excluding carboxylic acids is 1. The third kappa shape index (κ3) is 3.26. The summed E-state index contributed by atoms with van der Waals surface area (Å²) < 4.78 is 38.3. The highest BCUT2D eigenvalue weighted by Crippen LogP contribution is 2.38. The highest BCUT2D eigenvalue weighted by molar-refractivity contribution is 7.19. The Bertz CT molecular complexity index is 603. The lowest BCUT2D eigenvalue weighted by atomic mass is 10.2. The van der Waals surface area contributed by atoms with Crippen molar-refractivity contribution in [2.75, 3.05) is 5.32 Å². The fourth-order valence-electron chi connectivity index (χ4n) is 1.71. The zero-order chi connectivity index (χ0) is 14.0. The molecular weight excluding hydrogens is 275 g/mol. The number of hydrogen-bond acceptors (Lipinski definition) is 2. The number of rotatable bonds is 3. The average molecular weight is 287 g/mol. The number of fused-ring (bicyclic) bond motifs is 1. The van der Waals surface area contributed by atoms with Gasteiger partial charge in [-0.3, -0.25) is 4.79 Å². The lowest BCUT2D eigenvalue weighted by Gasteiger charge is -2.03. The first-order chi connectivity index (χ1) is 8.90. The van der Waals surface area contributed by atoms with Crippen molar-refractivity contribution in [1.29, 1.82) is 0 Å². The number of amides is 1. The summed E-state index contributed by atoms with van der Waals surface area (Å²) in [4.78, 5) is 10.8. The molecule has 0 atom stereocenters. The number of alkyl halides is 3. The molecule has 0 aliphatic carbocycles. The van der Waals surface area contributed by atoms with E-state index in [1.54, 1.807) is 18.2 Å². The number of nitrogens with one attached hydrogen (secondary N) is 1. The second kappa shape index (κ2) is 5.21. The Labute approximate surface area is 112 Å². The number of thiophene rings is 1. The number of hydrogen-bond donors (Lipinski definition) is 1. The standard InChI is InChI=1S/C13H12F3NOS/c1-2-3-12(18)17-9-4-5-10-8(6-9)7-11(19-10)13(14,15)16/h4-7H,2-3H2,1H3,(H,17,18). The van der Waals surface area contributed by atoms with E-state index in [-0.39, 0.29) is 5.91 Å². The second-order valence-corrected chi connectivity index (χ2v) is 5.24. The predicted molar refractivity (Wildman–Crippen MR) is 70.4 cm³/mol. The van der Waals surface area contributed by atoms with E-state index in [1.165, 1.54) is 0 Å². The average Bonchev–Trinajstić information content (AvgIpc) is 2.71. The molecule has 1 aromatic carbocycles. The molecule has 2 rings (SSSR count). The first-order valence-electron chi connectivity index (χ1n) is 5.81. The highest BCUT2D eigenvalue weighted by Gasteiger charge is 2.32. The van der Waals surface area contributed by atoms with Crippen LogP contribution in [0.15, 0.2) is 24.3 Å². The molecule has 6 heteroatoms. The number of benzene rings is 1. The van der Waals surface area contributed by atoms with Crippen molar-refractivity contribution >= 4 is 33.0 Å². The summed E-state index contributed by atoms with van der Waals surface area (Å²) in [5, 5.41) is 3.16. The smallest absolute Gasteiger partial charge is 0.326 e. The zero-order valence-corrected chi connectivity index (χ0v) is 11.0. The van der Waals surface area contributed by atoms with Gasteiger partial charge in [-0.2, -0.15) is 13.2 Å². The predicted octanol–water partition coefficient (Wildman–Crippen LogP) is 4.66. The summed E-state index contributed by atoms with van der Waals surface area (Å²) in [6.07, 6.45) is -3.20. The van der Waals surface area contributed by atoms with Crippen LogP contribution in [0.25, 0.3) is 10.1 Å². The first kappa shape index (κ1) is 13.9. The van der Waals surface area contributed by atoms with Crippen molar-refractivity contribution in [1.82, 2.24) is 0 Å². The van der Waals surface area contributed by atoms with Crippen molar-refractivity contribution < 1.29 is 18.0 Å². The molecule has 2 aromatic rings. The monoisotopic (exact) mass is 287 g/mol. The Morgan fingerprint density at radius 3 is 2.68 bits per heavy atom. The molecule has 0 radical (unpaired) electrons. The molecule has 2 nitrogen and oxygen atoms in total. The molecule has 0 saturated heterocycles. The number of halogens is 3. The van der Waals surface area contributed by atoms with Crippen LogP contribution in [0, 0.1) is 0 Å². The van der Waals surface area contributed by atoms with Crippen molar-refractivity contribution in [3.05, 3.63) is 29.1 Å². The maximum Gasteiger partial charge on any atom is 0.425 e. The summed E-state index contributed by atoms with van der Waals surface area (Å²) in [5.74, 6) is -0.131. The van der Waals surface area contributed by atoms with Gasteiger partial charge in [-0.05, 0) is 36.1 Å². The van der Waals surface area contributed by atoms with E-state index in [4.69, 9.17) is 0 Å². The van der Waals surface area contributed by atoms with Gasteiger partial charge in [-0.15, -0.1) is 11.3 Å². The fraction of sp³-hybridized carbons (Fsp3) is 0.308. The molecular formula is C13H12F3NOS. The van der Waals surface area contributed by atoms with Gasteiger partial charge in [0.15, 0.2) is 0 Å². The van der Waals surface area contributed by atoms with Crippen LogP contribution in [0.5, 0.6) is 0 Å². The van der Waals surface area contributed by atoms with Crippen LogP contribution in [-0.2, 0) is 11.0 Å². The Kier molecular flexibility index (Phi) is 3.80. The summed E-state index contributed by atoms with van der Waals surface area (Å²) in [6.45, 7) is 1.89. The Morgan fingerprint density at radius 1 is 1.32 bits per heavy atom. The second-order valence-electron chi connectivity index (χ2n) is 4.16. The third-order valence-corrected chi connectivity index (χ3v) is 3.72. The minimum absolute atomic E-state index is 0.131. The lowest BCUT2D eigenvalue weighted by molar-refractivity contribution is -0.134. The minimum atomic E-state index is -4.32. The Hall–Kier alpha value is -1.56. The topological polar surface area (TPSA) is 29.1 Å². The molecule has 0 aliphatic rings. The highest BCUT2D eigenvalue weighted by atomic mass is 32.1. The quantitative estimate of drug-likeness (QED) is 0.874. The molecule has 0 unspecified atom stereocenters. The molecule has 0 saturated carbocycles. The molecule has 0 fully saturated rings. The molecule has 1 amide bonds. The van der Waals surface area contributed by atoms with E-state index < -0.39 is 11.1 Å². The van der Waals surface area contributed by atoms with E-state index >= 15 is 0 Å². The van der Waals surface area contributed by atoms with Crippen LogP contribution in [-0.4, -0.2) is 5.91 Å². The first-order valence-corrected chi connectivity index (χ1v) is 6.62. The van der Waals surface area contributed by atoms with E-state index in [1.807, 2.05) is 6.92 Å². The maximum atomic E-state index is 12.6. The van der Waals surface area contributed by atoms with E-state index in [2.05, 4.69) is 5.32 Å². The van der Waals surface area contributed by atoms with Gasteiger partial charge in [-0.25, -0.2) is 0 Å². The molecule has 0 bridgehead atoms. The molecule has 0 spiro atoms. The summed E-state index contributed by atoms with van der Waals surface area (Å²) in [7, 11) is 0. The fourth-order valence-corrected chi connectivity index (χ4v) is 2.62. The molecule has 1 N–H and O–H groups in total. The Balaban J connectivity index is 2.28. The summed E-state index contributed by atoms with van der Waals surface area (Å²) in [6, 6.07) is 5.88. The van der Waals surface area contributed by atoms with E-state index in [9.17, 15) is 18.0 Å². The van der Waals surface area contributed by atoms with Crippen LogP contribution in [0.4, 0.5) is 18.9 Å². The molecule has 1 heterocycles. The Morgan fingerprint density at radius 2 is 2.05 bits per heavy atom. The molecule has 19 heavy (non-hydrogen) atoms. The van der Waals surface area contributed by atoms with Gasteiger partial charge in [0, 0.05) is 16.8 Å². The minimum Gasteiger partial charge on any atom is -0.326 e. The number of anilines is 1. The number of carbonyl (C=O) groups is 1. The normalized spacial score (nSPS) is 11.8. The summed E-state index contributed by atoms with van der Waals surface area (Å²) in [5.41, 5.74) is 0.525. The van der Waals surface area contributed by atoms with E-state index in [0.29, 0.717) is 33.5 Å². The van der Waals surface area contributed by atoms with E-state index in [0.717, 1.165) is 12.5 Å². The maximum absolute atomic E-state index is 12.6. The van der Waals surface area contributed by atoms with Gasteiger partial charge in [0.2, 0.25) is 5.91 Å². The molecule has 102 valence electrons. The summed E-state index contributed by atoms with van der Waals surface area (Å²) >= 11 is 0.704. The largest absolute Gasteiger partial charge is 0.425 e. The lowest BCUT2D eigenvalue weighted by Crippen LogP contribution is -2.10. The van der Waals surface area contributed by atoms with Gasteiger partial charge in [0.25, 0.3) is 0 Å². The van der Waals surface area contributed by atoms with Gasteiger partial charge >= 0.3 is 6.18 Å². The van der Waals surface area contributed by atoms with Gasteiger partial charge in [0.1, 0.15) is 4.88 Å². The van der Waals surface area contributed by atoms with Crippen LogP contribution in [0.2, 0.25) is 0 Å². The van der Waals surface area contributed by atoms with Crippen LogP contribution < -0.4 is 5.32 Å². The third-order valence-electron chi connectivity index (χ3n) is 2.56. The zero-order valence-electron chi connectivity index (χ0n) is 10.2. The van der Waals surface area contributed by atoms with Crippen molar-refractivity contribution in [2.45, 2.75) is 25.9 Å². The van der Waals surface area contributed by atoms with Crippen molar-refractivity contribution in [3.8, 4) is 0 Å².